The molecule has 2 rings (SSSR count). The second-order valence-electron chi connectivity index (χ2n) is 5.56. The Morgan fingerprint density at radius 3 is 2.57 bits per heavy atom. The predicted molar refractivity (Wildman–Crippen MR) is 91.0 cm³/mol. The topological polar surface area (TPSA) is 21.3 Å². The summed E-state index contributed by atoms with van der Waals surface area (Å²) in [6.45, 7) is 1.25. The van der Waals surface area contributed by atoms with E-state index in [9.17, 15) is 0 Å². The van der Waals surface area contributed by atoms with Crippen LogP contribution in [0.3, 0.4) is 0 Å². The number of halogens is 1. The lowest BCUT2D eigenvalue weighted by molar-refractivity contribution is 0.368. The molecule has 1 aliphatic rings. The van der Waals surface area contributed by atoms with E-state index < -0.39 is 0 Å². The highest BCUT2D eigenvalue weighted by Gasteiger charge is 2.10. The number of benzene rings is 1. The van der Waals surface area contributed by atoms with Crippen LogP contribution in [0.5, 0.6) is 5.75 Å². The zero-order chi connectivity index (χ0) is 14.0. The summed E-state index contributed by atoms with van der Waals surface area (Å²) in [7, 11) is 0. The molecule has 1 aliphatic carbocycles. The molecule has 0 aromatic heterocycles. The Morgan fingerprint density at radius 1 is 1.14 bits per heavy atom. The molecular weight excluding hydrogens is 282 g/mol. The lowest BCUT2D eigenvalue weighted by Crippen LogP contribution is -2.29. The maximum atomic E-state index is 5.46. The van der Waals surface area contributed by atoms with Gasteiger partial charge < -0.3 is 10.1 Å². The van der Waals surface area contributed by atoms with Crippen molar-refractivity contribution in [3.8, 4) is 18.1 Å². The highest BCUT2D eigenvalue weighted by Crippen LogP contribution is 2.18. The monoisotopic (exact) mass is 307 g/mol. The molecule has 3 heteroatoms. The number of terminal acetylenes is 1. The zero-order valence-electron chi connectivity index (χ0n) is 12.6. The number of hydrogen-bond donors (Lipinski definition) is 1. The molecule has 0 aliphatic heterocycles. The van der Waals surface area contributed by atoms with E-state index in [0.29, 0.717) is 12.6 Å². The van der Waals surface area contributed by atoms with Gasteiger partial charge in [-0.1, -0.05) is 50.2 Å². The van der Waals surface area contributed by atoms with Crippen LogP contribution >= 0.6 is 12.4 Å². The van der Waals surface area contributed by atoms with Crippen LogP contribution in [0.15, 0.2) is 24.3 Å². The van der Waals surface area contributed by atoms with Crippen LogP contribution in [0.25, 0.3) is 0 Å². The average Bonchev–Trinajstić information content (AvgIpc) is 2.44. The van der Waals surface area contributed by atoms with E-state index in [4.69, 9.17) is 11.2 Å². The van der Waals surface area contributed by atoms with E-state index in [0.717, 1.165) is 12.3 Å². The number of ether oxygens (including phenoxy) is 1. The van der Waals surface area contributed by atoms with Crippen molar-refractivity contribution in [2.45, 2.75) is 57.5 Å². The first kappa shape index (κ1) is 17.9. The molecule has 2 nitrogen and oxygen atoms in total. The van der Waals surface area contributed by atoms with Gasteiger partial charge in [-0.25, -0.2) is 0 Å². The van der Waals surface area contributed by atoms with Crippen LogP contribution in [0, 0.1) is 12.3 Å². The molecule has 21 heavy (non-hydrogen) atoms. The van der Waals surface area contributed by atoms with E-state index in [2.05, 4.69) is 23.4 Å². The molecule has 0 radical (unpaired) electrons. The summed E-state index contributed by atoms with van der Waals surface area (Å²) < 4.78 is 5.46. The van der Waals surface area contributed by atoms with Gasteiger partial charge in [0.1, 0.15) is 12.4 Å². The lowest BCUT2D eigenvalue weighted by atomic mass is 9.96. The van der Waals surface area contributed by atoms with Crippen LogP contribution in [-0.4, -0.2) is 12.6 Å². The van der Waals surface area contributed by atoms with E-state index >= 15 is 0 Å². The van der Waals surface area contributed by atoms with Gasteiger partial charge in [0.05, 0.1) is 0 Å². The third kappa shape index (κ3) is 6.89. The number of rotatable bonds is 5. The Bertz CT molecular complexity index is 433. The molecule has 1 aromatic carbocycles. The SMILES string of the molecule is C#CCOc1cccc(CNC2CCCCCCC2)c1.Cl. The van der Waals surface area contributed by atoms with Crippen molar-refractivity contribution in [3.05, 3.63) is 29.8 Å². The van der Waals surface area contributed by atoms with Crippen molar-refractivity contribution in [2.24, 2.45) is 0 Å². The fraction of sp³-hybridized carbons (Fsp3) is 0.556. The normalized spacial score (nSPS) is 16.1. The largest absolute Gasteiger partial charge is 0.481 e. The molecule has 0 bridgehead atoms. The second kappa shape index (κ2) is 10.5. The first-order valence-corrected chi connectivity index (χ1v) is 7.77. The Hall–Kier alpha value is -1.17. The van der Waals surface area contributed by atoms with Gasteiger partial charge in [-0.05, 0) is 30.5 Å². The molecule has 1 saturated carbocycles. The molecule has 1 aromatic rings. The first-order chi connectivity index (χ1) is 9.88. The summed E-state index contributed by atoms with van der Waals surface area (Å²) in [6, 6.07) is 8.87. The van der Waals surface area contributed by atoms with Crippen LogP contribution in [0.2, 0.25) is 0 Å². The molecule has 0 saturated heterocycles. The summed E-state index contributed by atoms with van der Waals surface area (Å²) in [6.07, 6.45) is 14.8. The summed E-state index contributed by atoms with van der Waals surface area (Å²) in [4.78, 5) is 0. The smallest absolute Gasteiger partial charge is 0.148 e. The van der Waals surface area contributed by atoms with Crippen molar-refractivity contribution in [1.82, 2.24) is 5.32 Å². The summed E-state index contributed by atoms with van der Waals surface area (Å²) in [5.41, 5.74) is 1.27. The maximum absolute atomic E-state index is 5.46. The number of nitrogens with one attached hydrogen (secondary N) is 1. The minimum atomic E-state index is 0. The molecule has 116 valence electrons. The minimum absolute atomic E-state index is 0. The van der Waals surface area contributed by atoms with E-state index in [1.54, 1.807) is 0 Å². The lowest BCUT2D eigenvalue weighted by Gasteiger charge is -2.21. The molecule has 1 N–H and O–H groups in total. The Kier molecular flexibility index (Phi) is 8.98. The molecule has 0 unspecified atom stereocenters. The minimum Gasteiger partial charge on any atom is -0.481 e. The Labute approximate surface area is 135 Å². The van der Waals surface area contributed by atoms with Crippen molar-refractivity contribution in [1.29, 1.82) is 0 Å². The van der Waals surface area contributed by atoms with Crippen molar-refractivity contribution in [2.75, 3.05) is 6.61 Å². The summed E-state index contributed by atoms with van der Waals surface area (Å²) >= 11 is 0. The summed E-state index contributed by atoms with van der Waals surface area (Å²) in [5, 5.41) is 3.69. The molecular formula is C18H26ClNO. The molecule has 0 atom stereocenters. The molecule has 0 amide bonds. The standard InChI is InChI=1S/C18H25NO.ClH/c1-2-13-20-18-12-8-9-16(14-18)15-19-17-10-6-4-3-5-7-11-17;/h1,8-9,12,14,17,19H,3-7,10-11,13,15H2;1H. The van der Waals surface area contributed by atoms with Crippen LogP contribution in [-0.2, 0) is 6.54 Å². The van der Waals surface area contributed by atoms with Gasteiger partial charge in [-0.15, -0.1) is 18.8 Å². The quantitative estimate of drug-likeness (QED) is 0.818. The van der Waals surface area contributed by atoms with Crippen molar-refractivity contribution in [3.63, 3.8) is 0 Å². The van der Waals surface area contributed by atoms with Crippen LogP contribution in [0.1, 0.15) is 50.5 Å². The predicted octanol–water partition coefficient (Wildman–Crippen LogP) is 4.32. The second-order valence-corrected chi connectivity index (χ2v) is 5.56. The first-order valence-electron chi connectivity index (χ1n) is 7.77. The Morgan fingerprint density at radius 2 is 1.86 bits per heavy atom. The van der Waals surface area contributed by atoms with Gasteiger partial charge in [-0.2, -0.15) is 0 Å². The zero-order valence-corrected chi connectivity index (χ0v) is 13.5. The molecule has 0 heterocycles. The van der Waals surface area contributed by atoms with Gasteiger partial charge >= 0.3 is 0 Å². The maximum Gasteiger partial charge on any atom is 0.148 e. The summed E-state index contributed by atoms with van der Waals surface area (Å²) in [5.74, 6) is 3.36. The van der Waals surface area contributed by atoms with Crippen LogP contribution < -0.4 is 10.1 Å². The van der Waals surface area contributed by atoms with Gasteiger partial charge in [0.2, 0.25) is 0 Å². The van der Waals surface area contributed by atoms with Crippen molar-refractivity contribution < 1.29 is 4.74 Å². The average molecular weight is 308 g/mol. The van der Waals surface area contributed by atoms with Crippen molar-refractivity contribution >= 4 is 12.4 Å². The fourth-order valence-corrected chi connectivity index (χ4v) is 2.79. The highest BCUT2D eigenvalue weighted by molar-refractivity contribution is 5.85. The van der Waals surface area contributed by atoms with Gasteiger partial charge in [0.15, 0.2) is 0 Å². The van der Waals surface area contributed by atoms with E-state index in [1.807, 2.05) is 12.1 Å². The third-order valence-corrected chi connectivity index (χ3v) is 3.92. The fourth-order valence-electron chi connectivity index (χ4n) is 2.79. The van der Waals surface area contributed by atoms with E-state index in [-0.39, 0.29) is 12.4 Å². The molecule has 1 fully saturated rings. The van der Waals surface area contributed by atoms with Gasteiger partial charge in [0.25, 0.3) is 0 Å². The third-order valence-electron chi connectivity index (χ3n) is 3.92. The van der Waals surface area contributed by atoms with E-state index in [1.165, 1.54) is 50.5 Å². The Balaban J connectivity index is 0.00000220. The van der Waals surface area contributed by atoms with Gasteiger partial charge in [0, 0.05) is 12.6 Å². The van der Waals surface area contributed by atoms with Crippen LogP contribution in [0.4, 0.5) is 0 Å². The number of hydrogen-bond acceptors (Lipinski definition) is 2. The molecule has 0 spiro atoms. The highest BCUT2D eigenvalue weighted by atomic mass is 35.5. The van der Waals surface area contributed by atoms with Gasteiger partial charge in [-0.3, -0.25) is 0 Å².